The highest BCUT2D eigenvalue weighted by molar-refractivity contribution is 5.41. The molecule has 2 aromatic rings. The van der Waals surface area contributed by atoms with Crippen molar-refractivity contribution in [1.29, 1.82) is 0 Å². The number of hydrogen-bond acceptors (Lipinski definition) is 5. The molecule has 0 spiro atoms. The lowest BCUT2D eigenvalue weighted by Crippen LogP contribution is -2.25. The van der Waals surface area contributed by atoms with E-state index in [4.69, 9.17) is 14.2 Å². The molecule has 0 saturated carbocycles. The third-order valence-electron chi connectivity index (χ3n) is 5.13. The standard InChI is InChI=1S/C25H36O5/c1-6-21(26)15-29-23-11-7-19(8-12-23)25(4,5)20-9-13-24(14-10-20)30-17-22(27)16-28-18(2)3/h7-14,18,21-22,26-27H,6,15-17H2,1-5H3. The molecule has 2 unspecified atom stereocenters. The summed E-state index contributed by atoms with van der Waals surface area (Å²) in [7, 11) is 0. The van der Waals surface area contributed by atoms with Crippen LogP contribution in [0.1, 0.15) is 52.2 Å². The molecule has 2 rings (SSSR count). The maximum Gasteiger partial charge on any atom is 0.119 e. The fraction of sp³-hybridized carbons (Fsp3) is 0.520. The number of benzene rings is 2. The third kappa shape index (κ3) is 7.31. The summed E-state index contributed by atoms with van der Waals surface area (Å²) in [5.74, 6) is 1.47. The first kappa shape index (κ1) is 24.2. The largest absolute Gasteiger partial charge is 0.491 e. The number of hydrogen-bond donors (Lipinski definition) is 2. The molecule has 0 bridgehead atoms. The van der Waals surface area contributed by atoms with E-state index in [1.54, 1.807) is 0 Å². The maximum atomic E-state index is 9.92. The molecule has 5 nitrogen and oxygen atoms in total. The van der Waals surface area contributed by atoms with Gasteiger partial charge in [-0.15, -0.1) is 0 Å². The van der Waals surface area contributed by atoms with E-state index in [1.165, 1.54) is 5.56 Å². The first-order valence-corrected chi connectivity index (χ1v) is 10.7. The molecule has 2 aromatic carbocycles. The Morgan fingerprint density at radius 3 is 1.57 bits per heavy atom. The highest BCUT2D eigenvalue weighted by Gasteiger charge is 2.23. The van der Waals surface area contributed by atoms with Crippen LogP contribution in [0.4, 0.5) is 0 Å². The molecular formula is C25H36O5. The minimum absolute atomic E-state index is 0.0877. The van der Waals surface area contributed by atoms with Crippen LogP contribution in [0.3, 0.4) is 0 Å². The van der Waals surface area contributed by atoms with Gasteiger partial charge in [0.25, 0.3) is 0 Å². The summed E-state index contributed by atoms with van der Waals surface area (Å²) in [6.07, 6.45) is -0.326. The van der Waals surface area contributed by atoms with E-state index < -0.39 is 12.2 Å². The van der Waals surface area contributed by atoms with Crippen molar-refractivity contribution in [1.82, 2.24) is 0 Å². The Bertz CT molecular complexity index is 737. The van der Waals surface area contributed by atoms with Gasteiger partial charge in [-0.05, 0) is 55.7 Å². The van der Waals surface area contributed by atoms with Gasteiger partial charge in [-0.1, -0.05) is 45.0 Å². The number of ether oxygens (including phenoxy) is 3. The summed E-state index contributed by atoms with van der Waals surface area (Å²) < 4.78 is 16.7. The van der Waals surface area contributed by atoms with Crippen LogP contribution in [-0.2, 0) is 10.2 Å². The number of rotatable bonds is 12. The van der Waals surface area contributed by atoms with E-state index in [-0.39, 0.29) is 24.7 Å². The second-order valence-electron chi connectivity index (χ2n) is 8.39. The van der Waals surface area contributed by atoms with Crippen molar-refractivity contribution in [2.24, 2.45) is 0 Å². The highest BCUT2D eigenvalue weighted by atomic mass is 16.5. The molecule has 0 aromatic heterocycles. The van der Waals surface area contributed by atoms with Gasteiger partial charge in [-0.2, -0.15) is 0 Å². The van der Waals surface area contributed by atoms with Gasteiger partial charge in [-0.3, -0.25) is 0 Å². The molecule has 0 aliphatic heterocycles. The molecule has 0 fully saturated rings. The van der Waals surface area contributed by atoms with E-state index in [2.05, 4.69) is 26.0 Å². The second kappa shape index (κ2) is 11.3. The monoisotopic (exact) mass is 416 g/mol. The highest BCUT2D eigenvalue weighted by Crippen LogP contribution is 2.33. The zero-order chi connectivity index (χ0) is 22.1. The SMILES string of the molecule is CCC(O)COc1ccc(C(C)(C)c2ccc(OCC(O)COC(C)C)cc2)cc1. The predicted molar refractivity (Wildman–Crippen MR) is 119 cm³/mol. The van der Waals surface area contributed by atoms with Crippen LogP contribution in [0.2, 0.25) is 0 Å². The molecular weight excluding hydrogens is 380 g/mol. The average Bonchev–Trinajstić information content (AvgIpc) is 2.75. The fourth-order valence-electron chi connectivity index (χ4n) is 2.96. The fourth-order valence-corrected chi connectivity index (χ4v) is 2.96. The zero-order valence-corrected chi connectivity index (χ0v) is 18.8. The van der Waals surface area contributed by atoms with Gasteiger partial charge in [-0.25, -0.2) is 0 Å². The minimum atomic E-state index is -0.650. The topological polar surface area (TPSA) is 68.2 Å². The van der Waals surface area contributed by atoms with E-state index in [9.17, 15) is 10.2 Å². The number of aliphatic hydroxyl groups excluding tert-OH is 2. The minimum Gasteiger partial charge on any atom is -0.491 e. The molecule has 0 amide bonds. The lowest BCUT2D eigenvalue weighted by molar-refractivity contribution is -0.0122. The van der Waals surface area contributed by atoms with Gasteiger partial charge in [0.05, 0.1) is 18.8 Å². The normalized spacial score (nSPS) is 13.9. The molecule has 166 valence electrons. The van der Waals surface area contributed by atoms with Crippen molar-refractivity contribution in [3.05, 3.63) is 59.7 Å². The molecule has 5 heteroatoms. The number of aliphatic hydroxyl groups is 2. The summed E-state index contributed by atoms with van der Waals surface area (Å²) in [6.45, 7) is 10.9. The molecule has 0 saturated heterocycles. The van der Waals surface area contributed by atoms with E-state index >= 15 is 0 Å². The first-order chi connectivity index (χ1) is 14.2. The second-order valence-corrected chi connectivity index (χ2v) is 8.39. The van der Waals surface area contributed by atoms with Gasteiger partial charge >= 0.3 is 0 Å². The van der Waals surface area contributed by atoms with E-state index in [0.29, 0.717) is 13.0 Å². The van der Waals surface area contributed by atoms with Crippen LogP contribution in [-0.4, -0.2) is 48.3 Å². The Labute approximate surface area is 180 Å². The molecule has 0 aliphatic rings. The lowest BCUT2D eigenvalue weighted by atomic mass is 9.78. The smallest absolute Gasteiger partial charge is 0.119 e. The predicted octanol–water partition coefficient (Wildman–Crippen LogP) is 4.33. The molecule has 30 heavy (non-hydrogen) atoms. The average molecular weight is 417 g/mol. The van der Waals surface area contributed by atoms with E-state index in [1.807, 2.05) is 57.2 Å². The Morgan fingerprint density at radius 1 is 0.733 bits per heavy atom. The van der Waals surface area contributed by atoms with E-state index in [0.717, 1.165) is 17.1 Å². The Morgan fingerprint density at radius 2 is 1.17 bits per heavy atom. The van der Waals surface area contributed by atoms with Crippen LogP contribution in [0.25, 0.3) is 0 Å². The summed E-state index contributed by atoms with van der Waals surface area (Å²) >= 11 is 0. The Balaban J connectivity index is 1.95. The summed E-state index contributed by atoms with van der Waals surface area (Å²) in [4.78, 5) is 0. The third-order valence-corrected chi connectivity index (χ3v) is 5.13. The Hall–Kier alpha value is -2.08. The van der Waals surface area contributed by atoms with Crippen molar-refractivity contribution in [3.8, 4) is 11.5 Å². The quantitative estimate of drug-likeness (QED) is 0.539. The lowest BCUT2D eigenvalue weighted by Gasteiger charge is -2.26. The maximum absolute atomic E-state index is 9.92. The van der Waals surface area contributed by atoms with Crippen molar-refractivity contribution >= 4 is 0 Å². The van der Waals surface area contributed by atoms with Crippen LogP contribution in [0.15, 0.2) is 48.5 Å². The molecule has 2 N–H and O–H groups in total. The summed E-state index contributed by atoms with van der Waals surface area (Å²) in [6, 6.07) is 16.0. The summed E-state index contributed by atoms with van der Waals surface area (Å²) in [5.41, 5.74) is 2.14. The van der Waals surface area contributed by atoms with Gasteiger partial charge in [0.1, 0.15) is 30.8 Å². The Kier molecular flexibility index (Phi) is 9.15. The van der Waals surface area contributed by atoms with Gasteiger partial charge < -0.3 is 24.4 Å². The summed E-state index contributed by atoms with van der Waals surface area (Å²) in [5, 5.41) is 19.6. The molecule has 2 atom stereocenters. The van der Waals surface area contributed by atoms with Gasteiger partial charge in [0.2, 0.25) is 0 Å². The first-order valence-electron chi connectivity index (χ1n) is 10.7. The van der Waals surface area contributed by atoms with Crippen molar-refractivity contribution in [3.63, 3.8) is 0 Å². The van der Waals surface area contributed by atoms with Gasteiger partial charge in [0.15, 0.2) is 0 Å². The van der Waals surface area contributed by atoms with Crippen LogP contribution < -0.4 is 9.47 Å². The molecule has 0 radical (unpaired) electrons. The van der Waals surface area contributed by atoms with Crippen molar-refractivity contribution in [2.75, 3.05) is 19.8 Å². The van der Waals surface area contributed by atoms with Crippen molar-refractivity contribution in [2.45, 2.75) is 64.8 Å². The van der Waals surface area contributed by atoms with Crippen molar-refractivity contribution < 1.29 is 24.4 Å². The van der Waals surface area contributed by atoms with Gasteiger partial charge in [0, 0.05) is 5.41 Å². The van der Waals surface area contributed by atoms with Crippen LogP contribution in [0, 0.1) is 0 Å². The van der Waals surface area contributed by atoms with Crippen LogP contribution in [0.5, 0.6) is 11.5 Å². The van der Waals surface area contributed by atoms with Crippen LogP contribution >= 0.6 is 0 Å². The molecule has 0 heterocycles. The zero-order valence-electron chi connectivity index (χ0n) is 18.8. The molecule has 0 aliphatic carbocycles.